The predicted molar refractivity (Wildman–Crippen MR) is 91.6 cm³/mol. The maximum atomic E-state index is 11.3. The lowest BCUT2D eigenvalue weighted by molar-refractivity contribution is -0.173. The number of hydrogen-bond acceptors (Lipinski definition) is 10. The number of methoxy groups -OCH3 is 1. The molecule has 150 valence electrons. The van der Waals surface area contributed by atoms with E-state index >= 15 is 0 Å². The maximum absolute atomic E-state index is 11.3. The van der Waals surface area contributed by atoms with Crippen molar-refractivity contribution in [3.63, 3.8) is 0 Å². The van der Waals surface area contributed by atoms with E-state index in [0.29, 0.717) is 17.9 Å². The van der Waals surface area contributed by atoms with Crippen LogP contribution in [-0.4, -0.2) is 79.5 Å². The number of hydrogen-bond donors (Lipinski definition) is 4. The smallest absolute Gasteiger partial charge is 0.306 e. The molecule has 0 saturated carbocycles. The summed E-state index contributed by atoms with van der Waals surface area (Å²) in [5.74, 6) is 0.0413. The number of aromatic nitrogens is 4. The van der Waals surface area contributed by atoms with Gasteiger partial charge in [0, 0.05) is 6.42 Å². The third-order valence-corrected chi connectivity index (χ3v) is 3.88. The molecule has 0 spiro atoms. The first kappa shape index (κ1) is 21.0. The van der Waals surface area contributed by atoms with Crippen molar-refractivity contribution in [1.82, 2.24) is 19.9 Å². The maximum Gasteiger partial charge on any atom is 0.306 e. The van der Waals surface area contributed by atoms with Gasteiger partial charge in [-0.05, 0) is 6.42 Å². The van der Waals surface area contributed by atoms with Crippen LogP contribution in [0.4, 0.5) is 0 Å². The molecule has 1 saturated heterocycles. The number of fused-ring (bicyclic) bond motifs is 1. The summed E-state index contributed by atoms with van der Waals surface area (Å²) in [6, 6.07) is 0. The summed E-state index contributed by atoms with van der Waals surface area (Å²) in [6.45, 7) is 1.51. The number of imidazole rings is 1. The highest BCUT2D eigenvalue weighted by molar-refractivity contribution is 5.74. The molecule has 1 fully saturated rings. The van der Waals surface area contributed by atoms with Gasteiger partial charge in [0.05, 0.1) is 20.0 Å². The number of esters is 1. The van der Waals surface area contributed by atoms with Crippen LogP contribution in [0.3, 0.4) is 0 Å². The van der Waals surface area contributed by atoms with Crippen LogP contribution in [0.5, 0.6) is 5.88 Å². The minimum Gasteiger partial charge on any atom is -0.479 e. The van der Waals surface area contributed by atoms with E-state index in [2.05, 4.69) is 19.9 Å². The van der Waals surface area contributed by atoms with Gasteiger partial charge in [0.1, 0.15) is 24.1 Å². The number of nitrogens with one attached hydrogen (secondary N) is 1. The fourth-order valence-corrected chi connectivity index (χ4v) is 2.43. The predicted octanol–water partition coefficient (Wildman–Crippen LogP) is -0.480. The average Bonchev–Trinajstić information content (AvgIpc) is 3.26. The molecule has 0 radical (unpaired) electrons. The molecule has 1 aliphatic heterocycles. The van der Waals surface area contributed by atoms with E-state index in [1.165, 1.54) is 6.33 Å². The number of aliphatic hydroxyl groups excluding tert-OH is 3. The van der Waals surface area contributed by atoms with Gasteiger partial charge in [-0.1, -0.05) is 13.3 Å². The van der Waals surface area contributed by atoms with Crippen LogP contribution in [0, 0.1) is 0 Å². The summed E-state index contributed by atoms with van der Waals surface area (Å²) in [5, 5.41) is 27.7. The zero-order chi connectivity index (χ0) is 19.8. The van der Waals surface area contributed by atoms with Crippen molar-refractivity contribution in [2.45, 2.75) is 50.8 Å². The third kappa shape index (κ3) is 5.32. The first-order chi connectivity index (χ1) is 13.0. The lowest BCUT2D eigenvalue weighted by atomic mass is 10.1. The fraction of sp³-hybridized carbons (Fsp3) is 0.625. The largest absolute Gasteiger partial charge is 0.479 e. The Hall–Kier alpha value is -2.34. The minimum absolute atomic E-state index is 0.246. The number of aliphatic hydroxyl groups is 3. The van der Waals surface area contributed by atoms with Crippen molar-refractivity contribution in [2.24, 2.45) is 0 Å². The van der Waals surface area contributed by atoms with Gasteiger partial charge in [0.25, 0.3) is 0 Å². The number of carbonyl (C=O) groups excluding carboxylic acids is 1. The molecular formula is C16H24N4O7. The summed E-state index contributed by atoms with van der Waals surface area (Å²) >= 11 is 0. The van der Waals surface area contributed by atoms with Gasteiger partial charge in [-0.25, -0.2) is 9.97 Å². The van der Waals surface area contributed by atoms with E-state index in [0.717, 1.165) is 11.9 Å². The molecular weight excluding hydrogens is 360 g/mol. The molecule has 2 aromatic rings. The van der Waals surface area contributed by atoms with Crippen molar-refractivity contribution in [3.05, 3.63) is 12.7 Å². The minimum atomic E-state index is -1.38. The Labute approximate surface area is 155 Å². The Morgan fingerprint density at radius 1 is 1.33 bits per heavy atom. The van der Waals surface area contributed by atoms with Crippen molar-refractivity contribution in [1.29, 1.82) is 0 Å². The van der Waals surface area contributed by atoms with Crippen LogP contribution < -0.4 is 4.74 Å². The van der Waals surface area contributed by atoms with Gasteiger partial charge < -0.3 is 34.5 Å². The highest BCUT2D eigenvalue weighted by Gasteiger charge is 2.45. The van der Waals surface area contributed by atoms with E-state index in [1.807, 2.05) is 6.92 Å². The molecule has 0 amide bonds. The van der Waals surface area contributed by atoms with E-state index in [1.54, 1.807) is 13.4 Å². The highest BCUT2D eigenvalue weighted by Crippen LogP contribution is 2.22. The second-order valence-electron chi connectivity index (χ2n) is 5.78. The number of unbranched alkanes of at least 4 members (excludes halogenated alkanes) is 1. The summed E-state index contributed by atoms with van der Waals surface area (Å²) in [7, 11) is 1.56. The van der Waals surface area contributed by atoms with Gasteiger partial charge in [-0.15, -0.1) is 0 Å². The fourth-order valence-electron chi connectivity index (χ4n) is 2.43. The van der Waals surface area contributed by atoms with Crippen molar-refractivity contribution in [2.75, 3.05) is 13.7 Å². The van der Waals surface area contributed by atoms with Crippen LogP contribution in [-0.2, 0) is 14.3 Å². The second-order valence-corrected chi connectivity index (χ2v) is 5.78. The van der Waals surface area contributed by atoms with Crippen LogP contribution in [0.1, 0.15) is 26.2 Å². The van der Waals surface area contributed by atoms with E-state index in [9.17, 15) is 15.0 Å². The van der Waals surface area contributed by atoms with Gasteiger partial charge in [-0.3, -0.25) is 4.79 Å². The van der Waals surface area contributed by atoms with Crippen molar-refractivity contribution in [3.8, 4) is 5.88 Å². The van der Waals surface area contributed by atoms with Crippen LogP contribution >= 0.6 is 0 Å². The molecule has 4 N–H and O–H groups in total. The van der Waals surface area contributed by atoms with Crippen LogP contribution in [0.15, 0.2) is 12.7 Å². The Morgan fingerprint density at radius 3 is 2.74 bits per heavy atom. The number of nitrogens with zero attached hydrogens (tertiary/aromatic N) is 3. The molecule has 0 aliphatic carbocycles. The Balaban J connectivity index is 0.000000206. The van der Waals surface area contributed by atoms with Gasteiger partial charge in [-0.2, -0.15) is 4.98 Å². The summed E-state index contributed by atoms with van der Waals surface area (Å²) in [6.07, 6.45) is 0.201. The quantitative estimate of drug-likeness (QED) is 0.479. The standard InChI is InChI=1S/C10H18O6.C6H6N4O/c1-2-3-4-7(12)16-9-8(13)6(5-11)15-10(9)14;1-11-6-4-5(8-2-7-4)9-3-10-6/h6,8-11,13-14H,2-5H2,1H3;2-3H,1H3,(H,7,8,9,10)/t6-,8-,9+,10?;/m1./s1. The second kappa shape index (κ2) is 10.1. The average molecular weight is 384 g/mol. The van der Waals surface area contributed by atoms with Crippen molar-refractivity contribution >= 4 is 17.1 Å². The number of aromatic amines is 1. The van der Waals surface area contributed by atoms with Crippen molar-refractivity contribution < 1.29 is 34.3 Å². The summed E-state index contributed by atoms with van der Waals surface area (Å²) in [5.41, 5.74) is 1.35. The number of ether oxygens (including phenoxy) is 3. The van der Waals surface area contributed by atoms with E-state index in [-0.39, 0.29) is 6.42 Å². The van der Waals surface area contributed by atoms with Gasteiger partial charge in [0.15, 0.2) is 18.0 Å². The van der Waals surface area contributed by atoms with E-state index in [4.69, 9.17) is 19.3 Å². The zero-order valence-electron chi connectivity index (χ0n) is 15.1. The number of rotatable bonds is 6. The topological polar surface area (TPSA) is 160 Å². The molecule has 1 aliphatic rings. The molecule has 2 aromatic heterocycles. The number of carbonyl (C=O) groups is 1. The third-order valence-electron chi connectivity index (χ3n) is 3.88. The van der Waals surface area contributed by atoms with Gasteiger partial charge in [0.2, 0.25) is 5.88 Å². The lowest BCUT2D eigenvalue weighted by Crippen LogP contribution is -2.37. The Kier molecular flexibility index (Phi) is 7.85. The molecule has 11 nitrogen and oxygen atoms in total. The summed E-state index contributed by atoms with van der Waals surface area (Å²) < 4.78 is 14.7. The first-order valence-electron chi connectivity index (χ1n) is 8.51. The lowest BCUT2D eigenvalue weighted by Gasteiger charge is -2.17. The molecule has 3 rings (SSSR count). The van der Waals surface area contributed by atoms with Gasteiger partial charge >= 0.3 is 5.97 Å². The molecule has 0 bridgehead atoms. The molecule has 11 heteroatoms. The Morgan fingerprint density at radius 2 is 2.11 bits per heavy atom. The summed E-state index contributed by atoms with van der Waals surface area (Å²) in [4.78, 5) is 25.9. The SMILES string of the molecule is CCCCC(=O)O[C@@H]1C(O)O[C@H](CO)[C@H]1O.COc1ncnc2nc[nH]c12. The Bertz CT molecular complexity index is 726. The monoisotopic (exact) mass is 384 g/mol. The molecule has 4 atom stereocenters. The molecule has 3 heterocycles. The normalized spacial score (nSPS) is 24.3. The molecule has 1 unspecified atom stereocenters. The van der Waals surface area contributed by atoms with Crippen LogP contribution in [0.2, 0.25) is 0 Å². The molecule has 0 aromatic carbocycles. The molecule has 27 heavy (non-hydrogen) atoms. The number of H-pyrrole nitrogens is 1. The van der Waals surface area contributed by atoms with Crippen LogP contribution in [0.25, 0.3) is 11.2 Å². The highest BCUT2D eigenvalue weighted by atomic mass is 16.7. The van der Waals surface area contributed by atoms with E-state index < -0.39 is 37.2 Å². The first-order valence-corrected chi connectivity index (χ1v) is 8.51. The zero-order valence-corrected chi connectivity index (χ0v) is 15.1.